The fourth-order valence-corrected chi connectivity index (χ4v) is 1.45. The van der Waals surface area contributed by atoms with Gasteiger partial charge in [0.15, 0.2) is 0 Å². The molecule has 0 aromatic heterocycles. The van der Waals surface area contributed by atoms with Gasteiger partial charge in [-0.25, -0.2) is 0 Å². The summed E-state index contributed by atoms with van der Waals surface area (Å²) < 4.78 is 0. The first-order valence-electron chi connectivity index (χ1n) is 5.27. The molecule has 0 nitrogen and oxygen atoms in total. The molecule has 0 aliphatic rings. The lowest BCUT2D eigenvalue weighted by Crippen LogP contribution is -1.87. The van der Waals surface area contributed by atoms with Gasteiger partial charge < -0.3 is 0 Å². The van der Waals surface area contributed by atoms with E-state index < -0.39 is 0 Å². The second-order valence-corrected chi connectivity index (χ2v) is 3.14. The van der Waals surface area contributed by atoms with Gasteiger partial charge in [-0.2, -0.15) is 0 Å². The van der Waals surface area contributed by atoms with Gasteiger partial charge in [0.25, 0.3) is 0 Å². The van der Waals surface area contributed by atoms with Gasteiger partial charge in [-0.05, 0) is 37.8 Å². The third-order valence-corrected chi connectivity index (χ3v) is 2.15. The molecule has 74 valence electrons. The fourth-order valence-electron chi connectivity index (χ4n) is 1.45. The molecule has 0 saturated carbocycles. The van der Waals surface area contributed by atoms with Crippen molar-refractivity contribution in [2.24, 2.45) is 0 Å². The molecular formula is C13H22. The molecule has 0 amide bonds. The molecule has 0 heteroatoms. The summed E-state index contributed by atoms with van der Waals surface area (Å²) in [6.07, 6.45) is 12.2. The van der Waals surface area contributed by atoms with Gasteiger partial charge in [-0.1, -0.05) is 44.6 Å². The van der Waals surface area contributed by atoms with Gasteiger partial charge in [0.05, 0.1) is 0 Å². The van der Waals surface area contributed by atoms with Crippen LogP contribution in [0.15, 0.2) is 35.5 Å². The first kappa shape index (κ1) is 12.2. The predicted octanol–water partition coefficient (Wildman–Crippen LogP) is 4.65. The molecule has 13 heavy (non-hydrogen) atoms. The Hall–Kier alpha value is -0.780. The molecule has 0 aromatic rings. The van der Waals surface area contributed by atoms with Gasteiger partial charge in [-0.15, -0.1) is 0 Å². The third-order valence-electron chi connectivity index (χ3n) is 2.15. The van der Waals surface area contributed by atoms with E-state index >= 15 is 0 Å². The van der Waals surface area contributed by atoms with Crippen LogP contribution in [0.5, 0.6) is 0 Å². The lowest BCUT2D eigenvalue weighted by Gasteiger charge is -2.07. The highest BCUT2D eigenvalue weighted by Gasteiger charge is 1.99. The summed E-state index contributed by atoms with van der Waals surface area (Å²) in [7, 11) is 0. The van der Waals surface area contributed by atoms with Crippen molar-refractivity contribution in [3.63, 3.8) is 0 Å². The number of rotatable bonds is 5. The van der Waals surface area contributed by atoms with E-state index in [9.17, 15) is 0 Å². The number of hydrogen-bond donors (Lipinski definition) is 0. The second kappa shape index (κ2) is 7.85. The van der Waals surface area contributed by atoms with Crippen molar-refractivity contribution in [2.75, 3.05) is 0 Å². The van der Waals surface area contributed by atoms with E-state index in [1.54, 1.807) is 0 Å². The molecule has 0 bridgehead atoms. The lowest BCUT2D eigenvalue weighted by atomic mass is 9.98. The first-order chi connectivity index (χ1) is 6.29. The Bertz CT molecular complexity index is 204. The highest BCUT2D eigenvalue weighted by atomic mass is 14.0. The fraction of sp³-hybridized carbons (Fsp3) is 0.538. The summed E-state index contributed by atoms with van der Waals surface area (Å²) in [6, 6.07) is 0. The van der Waals surface area contributed by atoms with Gasteiger partial charge in [0.1, 0.15) is 0 Å². The maximum Gasteiger partial charge on any atom is -0.0279 e. The molecule has 0 saturated heterocycles. The van der Waals surface area contributed by atoms with Crippen LogP contribution >= 0.6 is 0 Å². The van der Waals surface area contributed by atoms with Crippen molar-refractivity contribution < 1.29 is 0 Å². The Labute approximate surface area is 83.0 Å². The smallest absolute Gasteiger partial charge is 0.0279 e. The van der Waals surface area contributed by atoms with Crippen molar-refractivity contribution in [3.05, 3.63) is 35.5 Å². The van der Waals surface area contributed by atoms with E-state index in [-0.39, 0.29) is 0 Å². The Morgan fingerprint density at radius 2 is 1.77 bits per heavy atom. The molecule has 0 fully saturated rings. The minimum atomic E-state index is 1.14. The van der Waals surface area contributed by atoms with E-state index in [1.807, 2.05) is 0 Å². The number of hydrogen-bond acceptors (Lipinski definition) is 0. The molecule has 0 radical (unpaired) electrons. The third kappa shape index (κ3) is 4.72. The highest BCUT2D eigenvalue weighted by molar-refractivity contribution is 5.32. The SMILES string of the molecule is C\C=C/C=C(CCC)\C(=C/C)CC. The van der Waals surface area contributed by atoms with Crippen LogP contribution in [-0.2, 0) is 0 Å². The van der Waals surface area contributed by atoms with Gasteiger partial charge in [0.2, 0.25) is 0 Å². The Morgan fingerprint density at radius 1 is 1.08 bits per heavy atom. The molecule has 0 atom stereocenters. The molecule has 0 aliphatic heterocycles. The van der Waals surface area contributed by atoms with Crippen LogP contribution in [0, 0.1) is 0 Å². The second-order valence-electron chi connectivity index (χ2n) is 3.14. The van der Waals surface area contributed by atoms with E-state index in [0.29, 0.717) is 0 Å². The van der Waals surface area contributed by atoms with E-state index in [1.165, 1.54) is 24.0 Å². The topological polar surface area (TPSA) is 0 Å². The van der Waals surface area contributed by atoms with Crippen LogP contribution in [0.1, 0.15) is 47.0 Å². The monoisotopic (exact) mass is 178 g/mol. The van der Waals surface area contributed by atoms with Crippen LogP contribution in [0.2, 0.25) is 0 Å². The van der Waals surface area contributed by atoms with E-state index in [4.69, 9.17) is 0 Å². The van der Waals surface area contributed by atoms with Crippen LogP contribution in [0.25, 0.3) is 0 Å². The van der Waals surface area contributed by atoms with E-state index in [2.05, 4.69) is 52.0 Å². The molecule has 0 aromatic carbocycles. The van der Waals surface area contributed by atoms with Crippen molar-refractivity contribution in [2.45, 2.75) is 47.0 Å². The summed E-state index contributed by atoms with van der Waals surface area (Å²) in [5, 5.41) is 0. The Morgan fingerprint density at radius 3 is 2.15 bits per heavy atom. The van der Waals surface area contributed by atoms with Crippen molar-refractivity contribution in [3.8, 4) is 0 Å². The maximum atomic E-state index is 2.24. The average molecular weight is 178 g/mol. The Balaban J connectivity index is 4.57. The zero-order chi connectivity index (χ0) is 10.1. The summed E-state index contributed by atoms with van der Waals surface area (Å²) in [5.41, 5.74) is 2.98. The van der Waals surface area contributed by atoms with Crippen LogP contribution in [0.3, 0.4) is 0 Å². The van der Waals surface area contributed by atoms with Gasteiger partial charge in [-0.3, -0.25) is 0 Å². The zero-order valence-electron chi connectivity index (χ0n) is 9.43. The molecule has 0 N–H and O–H groups in total. The number of allylic oxidation sites excluding steroid dienone is 6. The standard InChI is InChI=1S/C13H22/c1-5-9-11-13(10-6-2)12(7-3)8-4/h5,7,9,11H,6,8,10H2,1-4H3/b9-5-,12-7-,13-11-. The minimum absolute atomic E-state index is 1.14. The van der Waals surface area contributed by atoms with Crippen molar-refractivity contribution >= 4 is 0 Å². The van der Waals surface area contributed by atoms with Crippen LogP contribution in [0.4, 0.5) is 0 Å². The van der Waals surface area contributed by atoms with E-state index in [0.717, 1.165) is 6.42 Å². The molecule has 0 heterocycles. The predicted molar refractivity (Wildman–Crippen MR) is 61.9 cm³/mol. The molecule has 0 spiro atoms. The minimum Gasteiger partial charge on any atom is -0.0877 e. The maximum absolute atomic E-state index is 2.24. The highest BCUT2D eigenvalue weighted by Crippen LogP contribution is 2.18. The molecular weight excluding hydrogens is 156 g/mol. The summed E-state index contributed by atoms with van der Waals surface area (Å²) in [5.74, 6) is 0. The average Bonchev–Trinajstić information content (AvgIpc) is 2.16. The summed E-state index contributed by atoms with van der Waals surface area (Å²) in [6.45, 7) is 8.63. The van der Waals surface area contributed by atoms with Crippen LogP contribution < -0.4 is 0 Å². The lowest BCUT2D eigenvalue weighted by molar-refractivity contribution is 0.892. The quantitative estimate of drug-likeness (QED) is 0.538. The van der Waals surface area contributed by atoms with Gasteiger partial charge >= 0.3 is 0 Å². The van der Waals surface area contributed by atoms with Gasteiger partial charge in [0, 0.05) is 0 Å². The Kier molecular flexibility index (Phi) is 7.38. The van der Waals surface area contributed by atoms with Crippen LogP contribution in [-0.4, -0.2) is 0 Å². The molecule has 0 rings (SSSR count). The van der Waals surface area contributed by atoms with Crippen molar-refractivity contribution in [1.82, 2.24) is 0 Å². The summed E-state index contributed by atoms with van der Waals surface area (Å²) in [4.78, 5) is 0. The normalized spacial score (nSPS) is 14.2. The largest absolute Gasteiger partial charge is 0.0877 e. The zero-order valence-corrected chi connectivity index (χ0v) is 9.43. The molecule has 0 unspecified atom stereocenters. The summed E-state index contributed by atoms with van der Waals surface area (Å²) >= 11 is 0. The molecule has 0 aliphatic carbocycles. The first-order valence-corrected chi connectivity index (χ1v) is 5.27. The van der Waals surface area contributed by atoms with Crippen molar-refractivity contribution in [1.29, 1.82) is 0 Å².